The molecule has 1 aliphatic carbocycles. The summed E-state index contributed by atoms with van der Waals surface area (Å²) >= 11 is 0. The summed E-state index contributed by atoms with van der Waals surface area (Å²) in [5.74, 6) is 1.04. The zero-order chi connectivity index (χ0) is 27.2. The molecular formula is C38H44O. The van der Waals surface area contributed by atoms with E-state index in [0.29, 0.717) is 0 Å². The monoisotopic (exact) mass is 516 g/mol. The van der Waals surface area contributed by atoms with Crippen LogP contribution in [-0.4, -0.2) is 6.61 Å². The first-order chi connectivity index (χ1) is 19.1. The van der Waals surface area contributed by atoms with E-state index in [1.165, 1.54) is 82.2 Å². The number of rotatable bonds is 12. The maximum atomic E-state index is 6.38. The van der Waals surface area contributed by atoms with Gasteiger partial charge in [0.25, 0.3) is 0 Å². The van der Waals surface area contributed by atoms with E-state index in [0.717, 1.165) is 31.6 Å². The zero-order valence-corrected chi connectivity index (χ0v) is 24.4. The van der Waals surface area contributed by atoms with Gasteiger partial charge in [0.2, 0.25) is 0 Å². The van der Waals surface area contributed by atoms with Crippen molar-refractivity contribution >= 4 is 0 Å². The molecule has 0 aromatic heterocycles. The van der Waals surface area contributed by atoms with Crippen LogP contribution < -0.4 is 4.74 Å². The third-order valence-corrected chi connectivity index (χ3v) is 8.75. The molecule has 1 heteroatoms. The summed E-state index contributed by atoms with van der Waals surface area (Å²) in [4.78, 5) is 0. The Bertz CT molecular complexity index is 1370. The Kier molecular flexibility index (Phi) is 8.56. The summed E-state index contributed by atoms with van der Waals surface area (Å²) in [5.41, 5.74) is 11.8. The average Bonchev–Trinajstić information content (AvgIpc) is 3.28. The molecule has 0 saturated heterocycles. The molecule has 0 radical (unpaired) electrons. The van der Waals surface area contributed by atoms with Crippen molar-refractivity contribution in [3.8, 4) is 16.9 Å². The number of fused-ring (bicyclic) bond motifs is 3. The minimum absolute atomic E-state index is 0.355. The van der Waals surface area contributed by atoms with Crippen molar-refractivity contribution in [1.82, 2.24) is 0 Å². The van der Waals surface area contributed by atoms with Crippen molar-refractivity contribution in [3.63, 3.8) is 0 Å². The van der Waals surface area contributed by atoms with E-state index >= 15 is 0 Å². The topological polar surface area (TPSA) is 9.23 Å². The van der Waals surface area contributed by atoms with Gasteiger partial charge in [0.1, 0.15) is 5.75 Å². The number of aryl methyl sites for hydroxylation is 3. The van der Waals surface area contributed by atoms with Crippen LogP contribution in [-0.2, 0) is 18.3 Å². The lowest BCUT2D eigenvalue weighted by Crippen LogP contribution is -2.29. The molecule has 0 bridgehead atoms. The fourth-order valence-electron chi connectivity index (χ4n) is 6.60. The second kappa shape index (κ2) is 12.2. The second-order valence-electron chi connectivity index (χ2n) is 11.1. The minimum Gasteiger partial charge on any atom is -0.493 e. The Hall–Kier alpha value is -3.32. The van der Waals surface area contributed by atoms with E-state index in [1.54, 1.807) is 0 Å². The Morgan fingerprint density at radius 2 is 1.15 bits per heavy atom. The van der Waals surface area contributed by atoms with Crippen LogP contribution in [0.25, 0.3) is 11.1 Å². The molecule has 202 valence electrons. The number of ether oxygens (including phenoxy) is 1. The molecule has 39 heavy (non-hydrogen) atoms. The van der Waals surface area contributed by atoms with E-state index in [9.17, 15) is 0 Å². The predicted molar refractivity (Wildman–Crippen MR) is 166 cm³/mol. The fraction of sp³-hybridized carbons (Fsp3) is 0.368. The molecule has 0 heterocycles. The number of hydrogen-bond donors (Lipinski definition) is 0. The molecule has 0 unspecified atom stereocenters. The van der Waals surface area contributed by atoms with E-state index in [-0.39, 0.29) is 5.41 Å². The third kappa shape index (κ3) is 5.05. The summed E-state index contributed by atoms with van der Waals surface area (Å²) in [7, 11) is 0. The van der Waals surface area contributed by atoms with Crippen molar-refractivity contribution in [2.24, 2.45) is 0 Å². The summed E-state index contributed by atoms with van der Waals surface area (Å²) in [6.07, 6.45) is 9.66. The molecule has 0 amide bonds. The van der Waals surface area contributed by atoms with Gasteiger partial charge in [-0.05, 0) is 82.3 Å². The van der Waals surface area contributed by atoms with Crippen LogP contribution in [0, 0.1) is 6.92 Å². The lowest BCUT2D eigenvalue weighted by Gasteiger charge is -2.35. The van der Waals surface area contributed by atoms with Gasteiger partial charge >= 0.3 is 0 Å². The lowest BCUT2D eigenvalue weighted by atomic mass is 9.67. The minimum atomic E-state index is -0.355. The second-order valence-corrected chi connectivity index (χ2v) is 11.1. The molecule has 1 aliphatic rings. The molecule has 0 spiro atoms. The first kappa shape index (κ1) is 27.3. The van der Waals surface area contributed by atoms with Crippen LogP contribution in [0.5, 0.6) is 5.75 Å². The van der Waals surface area contributed by atoms with Crippen LogP contribution in [0.3, 0.4) is 0 Å². The van der Waals surface area contributed by atoms with E-state index in [1.807, 2.05) is 0 Å². The fourth-order valence-corrected chi connectivity index (χ4v) is 6.60. The maximum absolute atomic E-state index is 6.38. The van der Waals surface area contributed by atoms with Gasteiger partial charge in [-0.2, -0.15) is 0 Å². The highest BCUT2D eigenvalue weighted by Gasteiger charge is 2.46. The Balaban J connectivity index is 1.60. The highest BCUT2D eigenvalue weighted by molar-refractivity contribution is 5.86. The molecule has 0 atom stereocenters. The van der Waals surface area contributed by atoms with Gasteiger partial charge in [-0.15, -0.1) is 0 Å². The number of unbranched alkanes of at least 4 members (excludes halogenated alkanes) is 5. The SMILES string of the molecule is CCCCCCCCOc1ccc(C2(c3ccc(C)c(CC)c3)c3ccccc3-c3ccccc32)cc1CC. The van der Waals surface area contributed by atoms with Crippen molar-refractivity contribution < 1.29 is 4.74 Å². The van der Waals surface area contributed by atoms with E-state index in [4.69, 9.17) is 4.74 Å². The predicted octanol–water partition coefficient (Wildman–Crippen LogP) is 10.2. The number of hydrogen-bond acceptors (Lipinski definition) is 1. The van der Waals surface area contributed by atoms with E-state index in [2.05, 4.69) is 113 Å². The quantitative estimate of drug-likeness (QED) is 0.150. The summed E-state index contributed by atoms with van der Waals surface area (Å²) in [5, 5.41) is 0. The largest absolute Gasteiger partial charge is 0.493 e. The van der Waals surface area contributed by atoms with Crippen LogP contribution in [0.4, 0.5) is 0 Å². The molecule has 1 nitrogen and oxygen atoms in total. The Labute approximate surface area is 236 Å². The zero-order valence-electron chi connectivity index (χ0n) is 24.4. The van der Waals surface area contributed by atoms with Crippen LogP contribution in [0.1, 0.15) is 98.2 Å². The summed E-state index contributed by atoms with van der Waals surface area (Å²) in [6.45, 7) is 9.82. The first-order valence-corrected chi connectivity index (χ1v) is 15.2. The van der Waals surface area contributed by atoms with Crippen LogP contribution in [0.15, 0.2) is 84.9 Å². The first-order valence-electron chi connectivity index (χ1n) is 15.2. The van der Waals surface area contributed by atoms with Gasteiger partial charge in [0.05, 0.1) is 12.0 Å². The molecule has 4 aromatic carbocycles. The smallest absolute Gasteiger partial charge is 0.122 e. The van der Waals surface area contributed by atoms with Crippen molar-refractivity contribution in [3.05, 3.63) is 124 Å². The average molecular weight is 517 g/mol. The van der Waals surface area contributed by atoms with Crippen LogP contribution >= 0.6 is 0 Å². The summed E-state index contributed by atoms with van der Waals surface area (Å²) in [6, 6.07) is 32.2. The number of benzene rings is 4. The maximum Gasteiger partial charge on any atom is 0.122 e. The Morgan fingerprint density at radius 3 is 1.79 bits per heavy atom. The molecule has 0 aliphatic heterocycles. The van der Waals surface area contributed by atoms with Gasteiger partial charge < -0.3 is 4.74 Å². The molecule has 0 saturated carbocycles. The summed E-state index contributed by atoms with van der Waals surface area (Å²) < 4.78 is 6.38. The highest BCUT2D eigenvalue weighted by atomic mass is 16.5. The van der Waals surface area contributed by atoms with Gasteiger partial charge in [-0.1, -0.05) is 132 Å². The molecule has 5 rings (SSSR count). The van der Waals surface area contributed by atoms with Gasteiger partial charge in [-0.25, -0.2) is 0 Å². The van der Waals surface area contributed by atoms with Crippen LogP contribution in [0.2, 0.25) is 0 Å². The molecule has 0 N–H and O–H groups in total. The highest BCUT2D eigenvalue weighted by Crippen LogP contribution is 2.56. The molecular weight excluding hydrogens is 472 g/mol. The third-order valence-electron chi connectivity index (χ3n) is 8.75. The van der Waals surface area contributed by atoms with Crippen molar-refractivity contribution in [1.29, 1.82) is 0 Å². The Morgan fingerprint density at radius 1 is 0.590 bits per heavy atom. The standard InChI is InChI=1S/C38H44O/c1-5-8-9-10-11-16-25-39-37-24-23-32(27-30(37)7-3)38(31-22-21-28(4)29(6-2)26-31)35-19-14-12-17-33(35)34-18-13-15-20-36(34)38/h12-15,17-24,26-27H,5-11,16,25H2,1-4H3. The molecule has 0 fully saturated rings. The van der Waals surface area contributed by atoms with Gasteiger partial charge in [0, 0.05) is 0 Å². The molecule has 4 aromatic rings. The normalized spacial score (nSPS) is 13.2. The van der Waals surface area contributed by atoms with Crippen molar-refractivity contribution in [2.75, 3.05) is 6.61 Å². The van der Waals surface area contributed by atoms with E-state index < -0.39 is 0 Å². The van der Waals surface area contributed by atoms with Gasteiger partial charge in [0.15, 0.2) is 0 Å². The van der Waals surface area contributed by atoms with Gasteiger partial charge in [-0.3, -0.25) is 0 Å². The van der Waals surface area contributed by atoms with Crippen molar-refractivity contribution in [2.45, 2.75) is 84.5 Å². The lowest BCUT2D eigenvalue weighted by molar-refractivity contribution is 0.301.